The molecule has 2 heterocycles. The van der Waals surface area contributed by atoms with E-state index in [0.717, 1.165) is 23.4 Å². The fourth-order valence-corrected chi connectivity index (χ4v) is 3.79. The van der Waals surface area contributed by atoms with E-state index in [1.54, 1.807) is 35.6 Å². The van der Waals surface area contributed by atoms with Gasteiger partial charge in [-0.1, -0.05) is 35.3 Å². The number of thiophene rings is 1. The fraction of sp³-hybridized carbons (Fsp3) is 0.167. The molecule has 0 unspecified atom stereocenters. The van der Waals surface area contributed by atoms with Gasteiger partial charge >= 0.3 is 0 Å². The highest BCUT2D eigenvalue weighted by Crippen LogP contribution is 2.27. The Hall–Kier alpha value is -1.55. The van der Waals surface area contributed by atoms with Gasteiger partial charge in [-0.2, -0.15) is 0 Å². The Balaban J connectivity index is 2.00. The molecule has 5 heteroatoms. The van der Waals surface area contributed by atoms with Crippen molar-refractivity contribution in [1.29, 1.82) is 0 Å². The number of hydrogen-bond donors (Lipinski definition) is 0. The quantitative estimate of drug-likeness (QED) is 0.626. The Morgan fingerprint density at radius 1 is 1.04 bits per heavy atom. The second-order valence-electron chi connectivity index (χ2n) is 5.33. The number of rotatable bonds is 4. The van der Waals surface area contributed by atoms with Gasteiger partial charge in [0.25, 0.3) is 0 Å². The number of pyridine rings is 1. The zero-order valence-corrected chi connectivity index (χ0v) is 14.9. The minimum atomic E-state index is 0.0147. The van der Waals surface area contributed by atoms with E-state index in [-0.39, 0.29) is 5.43 Å². The van der Waals surface area contributed by atoms with Gasteiger partial charge in [-0.05, 0) is 36.1 Å². The summed E-state index contributed by atoms with van der Waals surface area (Å²) in [6.07, 6.45) is 2.28. The number of halogens is 2. The molecule has 0 amide bonds. The Kier molecular flexibility index (Phi) is 4.90. The van der Waals surface area contributed by atoms with Crippen LogP contribution in [0.25, 0.3) is 0 Å². The Labute approximate surface area is 148 Å². The van der Waals surface area contributed by atoms with Crippen molar-refractivity contribution in [3.63, 3.8) is 0 Å². The molecule has 0 atom stereocenters. The summed E-state index contributed by atoms with van der Waals surface area (Å²) in [5, 5.41) is 3.23. The van der Waals surface area contributed by atoms with Gasteiger partial charge < -0.3 is 4.57 Å². The van der Waals surface area contributed by atoms with Gasteiger partial charge in [-0.15, -0.1) is 11.3 Å². The van der Waals surface area contributed by atoms with E-state index < -0.39 is 0 Å². The van der Waals surface area contributed by atoms with Crippen LogP contribution in [0.15, 0.2) is 52.8 Å². The molecule has 0 radical (unpaired) electrons. The van der Waals surface area contributed by atoms with E-state index >= 15 is 0 Å². The Bertz CT molecular complexity index is 864. The first-order valence-corrected chi connectivity index (χ1v) is 8.84. The predicted molar refractivity (Wildman–Crippen MR) is 98.1 cm³/mol. The van der Waals surface area contributed by atoms with Crippen molar-refractivity contribution in [2.24, 2.45) is 0 Å². The van der Waals surface area contributed by atoms with Crippen molar-refractivity contribution in [3.8, 4) is 0 Å². The second-order valence-corrected chi connectivity index (χ2v) is 7.17. The van der Waals surface area contributed by atoms with Crippen LogP contribution in [0.5, 0.6) is 0 Å². The molecular weight excluding hydrogens is 349 g/mol. The zero-order valence-electron chi connectivity index (χ0n) is 12.6. The van der Waals surface area contributed by atoms with Crippen molar-refractivity contribution >= 4 is 34.5 Å². The molecule has 3 aromatic rings. The van der Waals surface area contributed by atoms with Crippen LogP contribution in [-0.4, -0.2) is 4.57 Å². The lowest BCUT2D eigenvalue weighted by molar-refractivity contribution is 0.754. The molecule has 118 valence electrons. The lowest BCUT2D eigenvalue weighted by Crippen LogP contribution is -2.17. The summed E-state index contributed by atoms with van der Waals surface area (Å²) in [5.74, 6) is 0. The molecule has 0 N–H and O–H groups in total. The molecule has 0 saturated heterocycles. The van der Waals surface area contributed by atoms with Crippen molar-refractivity contribution in [2.75, 3.05) is 0 Å². The SMILES string of the molecule is Cc1c(Cc2c(Cl)cccc2Cl)c(=O)ccn1Cc1cccs1. The molecule has 2 aromatic heterocycles. The molecule has 0 spiro atoms. The van der Waals surface area contributed by atoms with E-state index in [9.17, 15) is 4.79 Å². The first-order chi connectivity index (χ1) is 11.1. The first kappa shape index (κ1) is 16.3. The van der Waals surface area contributed by atoms with Crippen LogP contribution >= 0.6 is 34.5 Å². The molecule has 0 aliphatic carbocycles. The molecule has 0 saturated carbocycles. The largest absolute Gasteiger partial charge is 0.346 e. The maximum Gasteiger partial charge on any atom is 0.185 e. The van der Waals surface area contributed by atoms with E-state index in [2.05, 4.69) is 16.0 Å². The van der Waals surface area contributed by atoms with E-state index in [1.165, 1.54) is 4.88 Å². The van der Waals surface area contributed by atoms with Gasteiger partial charge in [0.15, 0.2) is 5.43 Å². The predicted octanol–water partition coefficient (Wildman–Crippen LogP) is 5.16. The average molecular weight is 364 g/mol. The van der Waals surface area contributed by atoms with Crippen LogP contribution in [-0.2, 0) is 13.0 Å². The smallest absolute Gasteiger partial charge is 0.185 e. The van der Waals surface area contributed by atoms with Gasteiger partial charge in [-0.3, -0.25) is 4.79 Å². The standard InChI is InChI=1S/C18H15Cl2NOS/c1-12-14(10-15-16(19)5-2-6-17(15)20)18(22)7-8-21(12)11-13-4-3-9-23-13/h2-9H,10-11H2,1H3. The zero-order chi connectivity index (χ0) is 16.4. The van der Waals surface area contributed by atoms with E-state index in [1.807, 2.05) is 19.2 Å². The lowest BCUT2D eigenvalue weighted by atomic mass is 10.0. The molecule has 23 heavy (non-hydrogen) atoms. The molecule has 0 bridgehead atoms. The van der Waals surface area contributed by atoms with Gasteiger partial charge in [0.2, 0.25) is 0 Å². The lowest BCUT2D eigenvalue weighted by Gasteiger charge is -2.14. The molecule has 0 aliphatic heterocycles. The van der Waals surface area contributed by atoms with E-state index in [0.29, 0.717) is 16.5 Å². The highest BCUT2D eigenvalue weighted by molar-refractivity contribution is 7.09. The Morgan fingerprint density at radius 2 is 1.78 bits per heavy atom. The number of aromatic nitrogens is 1. The summed E-state index contributed by atoms with van der Waals surface area (Å²) in [7, 11) is 0. The van der Waals surface area contributed by atoms with Gasteiger partial charge in [0.05, 0.1) is 6.54 Å². The monoisotopic (exact) mass is 363 g/mol. The third-order valence-corrected chi connectivity index (χ3v) is 5.46. The molecule has 0 fully saturated rings. The number of nitrogens with zero attached hydrogens (tertiary/aromatic N) is 1. The average Bonchev–Trinajstić information content (AvgIpc) is 3.02. The topological polar surface area (TPSA) is 22.0 Å². The highest BCUT2D eigenvalue weighted by Gasteiger charge is 2.13. The summed E-state index contributed by atoms with van der Waals surface area (Å²) < 4.78 is 2.09. The van der Waals surface area contributed by atoms with Crippen LogP contribution < -0.4 is 5.43 Å². The second kappa shape index (κ2) is 6.91. The van der Waals surface area contributed by atoms with Crippen LogP contribution in [0.3, 0.4) is 0 Å². The minimum Gasteiger partial charge on any atom is -0.346 e. The Morgan fingerprint density at radius 3 is 2.43 bits per heavy atom. The summed E-state index contributed by atoms with van der Waals surface area (Å²) in [6.45, 7) is 2.72. The molecule has 2 nitrogen and oxygen atoms in total. The molecule has 0 aliphatic rings. The fourth-order valence-electron chi connectivity index (χ4n) is 2.56. The van der Waals surface area contributed by atoms with Crippen molar-refractivity contribution in [3.05, 3.63) is 89.9 Å². The van der Waals surface area contributed by atoms with Crippen LogP contribution in [0.1, 0.15) is 21.7 Å². The maximum absolute atomic E-state index is 12.3. The van der Waals surface area contributed by atoms with Gasteiger partial charge in [0, 0.05) is 44.9 Å². The minimum absolute atomic E-state index is 0.0147. The van der Waals surface area contributed by atoms with Crippen molar-refractivity contribution in [1.82, 2.24) is 4.57 Å². The molecular formula is C18H15Cl2NOS. The van der Waals surface area contributed by atoms with Crippen LogP contribution in [0.2, 0.25) is 10.0 Å². The van der Waals surface area contributed by atoms with E-state index in [4.69, 9.17) is 23.2 Å². The van der Waals surface area contributed by atoms with Gasteiger partial charge in [-0.25, -0.2) is 0 Å². The van der Waals surface area contributed by atoms with Crippen LogP contribution in [0, 0.1) is 6.92 Å². The molecule has 1 aromatic carbocycles. The first-order valence-electron chi connectivity index (χ1n) is 7.20. The highest BCUT2D eigenvalue weighted by atomic mass is 35.5. The summed E-state index contributed by atoms with van der Waals surface area (Å²) in [4.78, 5) is 13.6. The third-order valence-electron chi connectivity index (χ3n) is 3.89. The summed E-state index contributed by atoms with van der Waals surface area (Å²) in [6, 6.07) is 11.1. The van der Waals surface area contributed by atoms with Crippen molar-refractivity contribution in [2.45, 2.75) is 19.9 Å². The summed E-state index contributed by atoms with van der Waals surface area (Å²) in [5.41, 5.74) is 2.49. The third kappa shape index (κ3) is 3.52. The number of hydrogen-bond acceptors (Lipinski definition) is 2. The molecule has 3 rings (SSSR count). The number of benzene rings is 1. The van der Waals surface area contributed by atoms with Gasteiger partial charge in [0.1, 0.15) is 0 Å². The normalized spacial score (nSPS) is 10.9. The maximum atomic E-state index is 12.3. The van der Waals surface area contributed by atoms with Crippen LogP contribution in [0.4, 0.5) is 0 Å². The van der Waals surface area contributed by atoms with Crippen molar-refractivity contribution < 1.29 is 0 Å². The summed E-state index contributed by atoms with van der Waals surface area (Å²) >= 11 is 14.2.